The Morgan fingerprint density at radius 3 is 2.76 bits per heavy atom. The molecule has 0 spiro atoms. The smallest absolute Gasteiger partial charge is 0.120 e. The molecule has 1 aromatic carbocycles. The minimum absolute atomic E-state index is 0.910. The van der Waals surface area contributed by atoms with E-state index in [2.05, 4.69) is 40.2 Å². The summed E-state index contributed by atoms with van der Waals surface area (Å²) in [5.74, 6) is 0.910. The van der Waals surface area contributed by atoms with Crippen LogP contribution in [0.1, 0.15) is 12.0 Å². The molecule has 114 valence electrons. The highest BCUT2D eigenvalue weighted by molar-refractivity contribution is 5.84. The van der Waals surface area contributed by atoms with E-state index < -0.39 is 0 Å². The van der Waals surface area contributed by atoms with E-state index in [-0.39, 0.29) is 0 Å². The minimum Gasteiger partial charge on any atom is -0.497 e. The third kappa shape index (κ3) is 3.39. The minimum atomic E-state index is 0.910. The summed E-state index contributed by atoms with van der Waals surface area (Å²) in [5, 5.41) is 1.33. The molecule has 1 fully saturated rings. The maximum Gasteiger partial charge on any atom is 0.120 e. The lowest BCUT2D eigenvalue weighted by atomic mass is 10.1. The van der Waals surface area contributed by atoms with Crippen molar-refractivity contribution in [2.75, 3.05) is 46.9 Å². The van der Waals surface area contributed by atoms with Gasteiger partial charge in [0.1, 0.15) is 5.75 Å². The van der Waals surface area contributed by atoms with Gasteiger partial charge in [0, 0.05) is 49.3 Å². The summed E-state index contributed by atoms with van der Waals surface area (Å²) in [5.41, 5.74) is 2.59. The number of piperazine rings is 1. The average molecular weight is 287 g/mol. The Labute approximate surface area is 126 Å². The molecule has 0 unspecified atom stereocenters. The van der Waals surface area contributed by atoms with E-state index in [0.717, 1.165) is 12.2 Å². The van der Waals surface area contributed by atoms with Crippen LogP contribution in [-0.2, 0) is 6.42 Å². The molecule has 1 aliphatic rings. The standard InChI is InChI=1S/C17H25N3O/c1-19-8-10-20(11-9-19)7-3-4-14-13-18-17-12-15(21-2)5-6-16(14)17/h5-6,12-13,18H,3-4,7-11H2,1-2H3. The Morgan fingerprint density at radius 1 is 1.19 bits per heavy atom. The molecule has 3 rings (SSSR count). The van der Waals surface area contributed by atoms with Gasteiger partial charge in [0.15, 0.2) is 0 Å². The van der Waals surface area contributed by atoms with Crippen LogP contribution in [0.5, 0.6) is 5.75 Å². The number of nitrogens with one attached hydrogen (secondary N) is 1. The molecule has 0 amide bonds. The third-order valence-corrected chi connectivity index (χ3v) is 4.49. The van der Waals surface area contributed by atoms with E-state index in [0.29, 0.717) is 0 Å². The van der Waals surface area contributed by atoms with Crippen LogP contribution in [-0.4, -0.2) is 61.7 Å². The summed E-state index contributed by atoms with van der Waals surface area (Å²) < 4.78 is 5.27. The average Bonchev–Trinajstić information content (AvgIpc) is 2.91. The zero-order valence-corrected chi connectivity index (χ0v) is 13.1. The van der Waals surface area contributed by atoms with Crippen molar-refractivity contribution in [3.63, 3.8) is 0 Å². The molecule has 1 saturated heterocycles. The van der Waals surface area contributed by atoms with Gasteiger partial charge in [-0.15, -0.1) is 0 Å². The fourth-order valence-electron chi connectivity index (χ4n) is 3.06. The summed E-state index contributed by atoms with van der Waals surface area (Å²) in [6.07, 6.45) is 4.51. The van der Waals surface area contributed by atoms with E-state index in [9.17, 15) is 0 Å². The topological polar surface area (TPSA) is 31.5 Å². The third-order valence-electron chi connectivity index (χ3n) is 4.49. The number of ether oxygens (including phenoxy) is 1. The van der Waals surface area contributed by atoms with Gasteiger partial charge in [-0.2, -0.15) is 0 Å². The van der Waals surface area contributed by atoms with E-state index in [4.69, 9.17) is 4.74 Å². The van der Waals surface area contributed by atoms with Gasteiger partial charge in [0.25, 0.3) is 0 Å². The van der Waals surface area contributed by atoms with Crippen molar-refractivity contribution in [3.8, 4) is 5.75 Å². The van der Waals surface area contributed by atoms with E-state index in [1.165, 1.54) is 55.6 Å². The van der Waals surface area contributed by atoms with Gasteiger partial charge in [0.2, 0.25) is 0 Å². The highest BCUT2D eigenvalue weighted by Crippen LogP contribution is 2.24. The second-order valence-electron chi connectivity index (χ2n) is 5.97. The Kier molecular flexibility index (Phi) is 4.46. The first-order valence-electron chi connectivity index (χ1n) is 7.81. The van der Waals surface area contributed by atoms with E-state index >= 15 is 0 Å². The highest BCUT2D eigenvalue weighted by atomic mass is 16.5. The van der Waals surface area contributed by atoms with Crippen molar-refractivity contribution in [3.05, 3.63) is 30.0 Å². The molecule has 0 saturated carbocycles. The van der Waals surface area contributed by atoms with E-state index in [1.807, 2.05) is 6.07 Å². The normalized spacial score (nSPS) is 17.4. The zero-order valence-electron chi connectivity index (χ0n) is 13.1. The van der Waals surface area contributed by atoms with Crippen LogP contribution in [0.3, 0.4) is 0 Å². The van der Waals surface area contributed by atoms with Crippen LogP contribution in [0.4, 0.5) is 0 Å². The molecule has 1 aromatic heterocycles. The van der Waals surface area contributed by atoms with E-state index in [1.54, 1.807) is 7.11 Å². The predicted molar refractivity (Wildman–Crippen MR) is 87.1 cm³/mol. The molecule has 0 aliphatic carbocycles. The summed E-state index contributed by atoms with van der Waals surface area (Å²) in [6, 6.07) is 6.27. The van der Waals surface area contributed by atoms with Gasteiger partial charge in [-0.05, 0) is 44.1 Å². The fraction of sp³-hybridized carbons (Fsp3) is 0.529. The molecule has 4 heteroatoms. The number of nitrogens with zero attached hydrogens (tertiary/aromatic N) is 2. The summed E-state index contributed by atoms with van der Waals surface area (Å²) in [4.78, 5) is 8.34. The Hall–Kier alpha value is -1.52. The maximum atomic E-state index is 5.27. The molecule has 4 nitrogen and oxygen atoms in total. The maximum absolute atomic E-state index is 5.27. The Bertz CT molecular complexity index is 585. The molecular formula is C17H25N3O. The number of aromatic nitrogens is 1. The second-order valence-corrected chi connectivity index (χ2v) is 5.97. The SMILES string of the molecule is COc1ccc2c(CCCN3CCN(C)CC3)c[nH]c2c1. The molecule has 1 aliphatic heterocycles. The fourth-order valence-corrected chi connectivity index (χ4v) is 3.06. The summed E-state index contributed by atoms with van der Waals surface area (Å²) >= 11 is 0. The number of methoxy groups -OCH3 is 1. The molecule has 1 N–H and O–H groups in total. The van der Waals surface area contributed by atoms with Gasteiger partial charge in [0.05, 0.1) is 7.11 Å². The Balaban J connectivity index is 1.56. The van der Waals surface area contributed by atoms with Crippen LogP contribution in [0.25, 0.3) is 10.9 Å². The number of H-pyrrole nitrogens is 1. The number of aromatic amines is 1. The van der Waals surface area contributed by atoms with Gasteiger partial charge < -0.3 is 19.5 Å². The van der Waals surface area contributed by atoms with Crippen molar-refractivity contribution in [2.24, 2.45) is 0 Å². The molecule has 2 aromatic rings. The molecule has 0 atom stereocenters. The van der Waals surface area contributed by atoms with Crippen LogP contribution < -0.4 is 4.74 Å². The predicted octanol–water partition coefficient (Wildman–Crippen LogP) is 2.36. The lowest BCUT2D eigenvalue weighted by molar-refractivity contribution is 0.153. The Morgan fingerprint density at radius 2 is 2.00 bits per heavy atom. The number of fused-ring (bicyclic) bond motifs is 1. The number of hydrogen-bond acceptors (Lipinski definition) is 3. The van der Waals surface area contributed by atoms with Gasteiger partial charge >= 0.3 is 0 Å². The highest BCUT2D eigenvalue weighted by Gasteiger charge is 2.13. The molecule has 0 radical (unpaired) electrons. The number of likely N-dealkylation sites (N-methyl/N-ethyl adjacent to an activating group) is 1. The number of benzene rings is 1. The van der Waals surface area contributed by atoms with Crippen LogP contribution in [0.15, 0.2) is 24.4 Å². The lowest BCUT2D eigenvalue weighted by Crippen LogP contribution is -2.44. The quantitative estimate of drug-likeness (QED) is 0.916. The number of aryl methyl sites for hydroxylation is 1. The van der Waals surface area contributed by atoms with Gasteiger partial charge in [-0.1, -0.05) is 0 Å². The summed E-state index contributed by atoms with van der Waals surface area (Å²) in [6.45, 7) is 6.03. The van der Waals surface area contributed by atoms with Crippen molar-refractivity contribution >= 4 is 10.9 Å². The number of hydrogen-bond donors (Lipinski definition) is 1. The second kappa shape index (κ2) is 6.50. The van der Waals surface area contributed by atoms with Crippen LogP contribution >= 0.6 is 0 Å². The van der Waals surface area contributed by atoms with Crippen LogP contribution in [0.2, 0.25) is 0 Å². The van der Waals surface area contributed by atoms with Crippen LogP contribution in [0, 0.1) is 0 Å². The van der Waals surface area contributed by atoms with Gasteiger partial charge in [-0.3, -0.25) is 0 Å². The van der Waals surface area contributed by atoms with Crippen molar-refractivity contribution in [1.82, 2.24) is 14.8 Å². The number of rotatable bonds is 5. The first-order valence-corrected chi connectivity index (χ1v) is 7.81. The van der Waals surface area contributed by atoms with Crippen molar-refractivity contribution < 1.29 is 4.74 Å². The monoisotopic (exact) mass is 287 g/mol. The largest absolute Gasteiger partial charge is 0.497 e. The zero-order chi connectivity index (χ0) is 14.7. The molecule has 0 bridgehead atoms. The lowest BCUT2D eigenvalue weighted by Gasteiger charge is -2.32. The molecule has 2 heterocycles. The van der Waals surface area contributed by atoms with Gasteiger partial charge in [-0.25, -0.2) is 0 Å². The first-order chi connectivity index (χ1) is 10.3. The van der Waals surface area contributed by atoms with Crippen molar-refractivity contribution in [2.45, 2.75) is 12.8 Å². The molecule has 21 heavy (non-hydrogen) atoms. The summed E-state index contributed by atoms with van der Waals surface area (Å²) in [7, 11) is 3.92. The molecular weight excluding hydrogens is 262 g/mol. The first kappa shape index (κ1) is 14.4. The van der Waals surface area contributed by atoms with Crippen molar-refractivity contribution in [1.29, 1.82) is 0 Å².